The van der Waals surface area contributed by atoms with Gasteiger partial charge in [0, 0.05) is 17.8 Å². The Kier molecular flexibility index (Phi) is 5.63. The van der Waals surface area contributed by atoms with Gasteiger partial charge >= 0.3 is 5.97 Å². The minimum absolute atomic E-state index is 0.224. The molecule has 4 fully saturated rings. The number of carbonyl (C=O) groups excluding carboxylic acids is 3. The first-order chi connectivity index (χ1) is 13.9. The van der Waals surface area contributed by atoms with Gasteiger partial charge < -0.3 is 4.74 Å². The average molecular weight is 397 g/mol. The zero-order chi connectivity index (χ0) is 20.6. The summed E-state index contributed by atoms with van der Waals surface area (Å²) in [7, 11) is 0. The largest absolute Gasteiger partial charge is 0.465 e. The van der Waals surface area contributed by atoms with E-state index >= 15 is 0 Å². The minimum atomic E-state index is -0.921. The number of ketones is 2. The number of benzene rings is 1. The number of ether oxygens (including phenoxy) is 1. The van der Waals surface area contributed by atoms with Crippen LogP contribution in [0.25, 0.3) is 0 Å². The van der Waals surface area contributed by atoms with Gasteiger partial charge in [0.25, 0.3) is 0 Å². The van der Waals surface area contributed by atoms with Gasteiger partial charge in [0.1, 0.15) is 17.5 Å². The molecule has 4 heteroatoms. The highest BCUT2D eigenvalue weighted by molar-refractivity contribution is 6.00. The van der Waals surface area contributed by atoms with E-state index in [4.69, 9.17) is 4.74 Å². The van der Waals surface area contributed by atoms with Crippen molar-refractivity contribution in [3.8, 4) is 0 Å². The van der Waals surface area contributed by atoms with E-state index in [1.807, 2.05) is 30.3 Å². The van der Waals surface area contributed by atoms with E-state index in [0.29, 0.717) is 17.8 Å². The normalized spacial score (nSPS) is 31.9. The van der Waals surface area contributed by atoms with Crippen LogP contribution >= 0.6 is 0 Å². The molecule has 2 atom stereocenters. The first-order valence-corrected chi connectivity index (χ1v) is 11.2. The van der Waals surface area contributed by atoms with Crippen LogP contribution in [-0.4, -0.2) is 24.1 Å². The van der Waals surface area contributed by atoms with Crippen molar-refractivity contribution in [2.45, 2.75) is 64.7 Å². The van der Waals surface area contributed by atoms with Crippen LogP contribution < -0.4 is 0 Å². The lowest BCUT2D eigenvalue weighted by atomic mass is 9.48. The Labute approximate surface area is 173 Å². The summed E-state index contributed by atoms with van der Waals surface area (Å²) in [4.78, 5) is 38.9. The molecule has 0 amide bonds. The molecule has 0 spiro atoms. The maximum absolute atomic E-state index is 13.7. The number of hydrogen-bond donors (Lipinski definition) is 0. The van der Waals surface area contributed by atoms with Crippen molar-refractivity contribution in [2.24, 2.45) is 29.1 Å². The number of hydrogen-bond acceptors (Lipinski definition) is 4. The molecule has 4 aliphatic rings. The summed E-state index contributed by atoms with van der Waals surface area (Å²) in [6.07, 6.45) is 7.12. The second kappa shape index (κ2) is 8.04. The highest BCUT2D eigenvalue weighted by Crippen LogP contribution is 2.61. The van der Waals surface area contributed by atoms with E-state index in [-0.39, 0.29) is 30.0 Å². The van der Waals surface area contributed by atoms with Gasteiger partial charge in [-0.3, -0.25) is 14.4 Å². The third-order valence-corrected chi connectivity index (χ3v) is 7.64. The van der Waals surface area contributed by atoms with Gasteiger partial charge in [-0.2, -0.15) is 0 Å². The molecule has 29 heavy (non-hydrogen) atoms. The molecule has 4 aliphatic carbocycles. The Bertz CT molecular complexity index is 746. The maximum atomic E-state index is 13.7. The number of rotatable bonds is 8. The molecule has 1 aromatic carbocycles. The van der Waals surface area contributed by atoms with Crippen molar-refractivity contribution in [2.75, 3.05) is 6.61 Å². The number of carbonyl (C=O) groups is 3. The topological polar surface area (TPSA) is 60.4 Å². The van der Waals surface area contributed by atoms with Crippen LogP contribution in [-0.2, 0) is 19.1 Å². The molecule has 0 aromatic heterocycles. The summed E-state index contributed by atoms with van der Waals surface area (Å²) in [5.74, 6) is 0.226. The quantitative estimate of drug-likeness (QED) is 0.471. The standard InChI is InChI=1S/C25H32O4/c1-3-29-24(28)23(16(2)26)21(20-7-5-4-6-8-20)12-22(27)25-13-17-9-18(14-25)11-19(10-17)15-25/h4-8,17-19,21,23H,3,9-15H2,1-2H3. The van der Waals surface area contributed by atoms with Crippen LogP contribution in [0.15, 0.2) is 30.3 Å². The van der Waals surface area contributed by atoms with Crippen LogP contribution in [0.1, 0.15) is 70.3 Å². The van der Waals surface area contributed by atoms with E-state index in [2.05, 4.69) is 0 Å². The van der Waals surface area contributed by atoms with Crippen LogP contribution in [0.3, 0.4) is 0 Å². The maximum Gasteiger partial charge on any atom is 0.317 e. The van der Waals surface area contributed by atoms with Crippen LogP contribution in [0.4, 0.5) is 0 Å². The van der Waals surface area contributed by atoms with Crippen molar-refractivity contribution in [1.82, 2.24) is 0 Å². The molecule has 0 saturated heterocycles. The zero-order valence-electron chi connectivity index (χ0n) is 17.6. The summed E-state index contributed by atoms with van der Waals surface area (Å²) in [5.41, 5.74) is 0.649. The Hall–Kier alpha value is -1.97. The fourth-order valence-electron chi connectivity index (χ4n) is 6.84. The van der Waals surface area contributed by atoms with E-state index in [1.165, 1.54) is 26.2 Å². The molecule has 2 unspecified atom stereocenters. The molecule has 4 saturated carbocycles. The summed E-state index contributed by atoms with van der Waals surface area (Å²) < 4.78 is 5.23. The van der Waals surface area contributed by atoms with E-state index in [1.54, 1.807) is 6.92 Å². The predicted molar refractivity (Wildman–Crippen MR) is 110 cm³/mol. The van der Waals surface area contributed by atoms with Gasteiger partial charge in [0.2, 0.25) is 0 Å². The van der Waals surface area contributed by atoms with Crippen LogP contribution in [0.2, 0.25) is 0 Å². The summed E-state index contributed by atoms with van der Waals surface area (Å²) in [5, 5.41) is 0. The first kappa shape index (κ1) is 20.3. The Morgan fingerprint density at radius 3 is 2.03 bits per heavy atom. The molecule has 4 nitrogen and oxygen atoms in total. The summed E-state index contributed by atoms with van der Waals surface area (Å²) in [6.45, 7) is 3.41. The monoisotopic (exact) mass is 396 g/mol. The third-order valence-electron chi connectivity index (χ3n) is 7.64. The molecule has 5 rings (SSSR count). The van der Waals surface area contributed by atoms with Crippen molar-refractivity contribution in [3.05, 3.63) is 35.9 Å². The van der Waals surface area contributed by atoms with Crippen LogP contribution in [0.5, 0.6) is 0 Å². The van der Waals surface area contributed by atoms with Crippen molar-refractivity contribution < 1.29 is 19.1 Å². The minimum Gasteiger partial charge on any atom is -0.465 e. The molecular weight excluding hydrogens is 364 g/mol. The molecule has 156 valence electrons. The SMILES string of the molecule is CCOC(=O)C(C(C)=O)C(CC(=O)C12CC3CC(CC(C3)C1)C2)c1ccccc1. The Morgan fingerprint density at radius 2 is 1.55 bits per heavy atom. The van der Waals surface area contributed by atoms with Gasteiger partial charge in [-0.15, -0.1) is 0 Å². The lowest BCUT2D eigenvalue weighted by molar-refractivity contribution is -0.153. The molecule has 0 radical (unpaired) electrons. The average Bonchev–Trinajstić information content (AvgIpc) is 2.67. The highest BCUT2D eigenvalue weighted by Gasteiger charge is 2.54. The van der Waals surface area contributed by atoms with Gasteiger partial charge in [-0.25, -0.2) is 0 Å². The fourth-order valence-corrected chi connectivity index (χ4v) is 6.84. The predicted octanol–water partition coefficient (Wildman–Crippen LogP) is 4.71. The van der Waals surface area contributed by atoms with Crippen molar-refractivity contribution >= 4 is 17.5 Å². The Morgan fingerprint density at radius 1 is 1.00 bits per heavy atom. The molecule has 0 heterocycles. The van der Waals surface area contributed by atoms with Gasteiger partial charge in [0.15, 0.2) is 0 Å². The molecule has 0 aliphatic heterocycles. The Balaban J connectivity index is 1.62. The van der Waals surface area contributed by atoms with Gasteiger partial charge in [0.05, 0.1) is 6.61 Å². The van der Waals surface area contributed by atoms with E-state index < -0.39 is 17.8 Å². The summed E-state index contributed by atoms with van der Waals surface area (Å²) >= 11 is 0. The zero-order valence-corrected chi connectivity index (χ0v) is 17.6. The summed E-state index contributed by atoms with van der Waals surface area (Å²) in [6, 6.07) is 9.56. The molecule has 4 bridgehead atoms. The molecule has 1 aromatic rings. The lowest BCUT2D eigenvalue weighted by Crippen LogP contribution is -2.50. The lowest BCUT2D eigenvalue weighted by Gasteiger charge is -2.56. The van der Waals surface area contributed by atoms with Gasteiger partial charge in [-0.1, -0.05) is 30.3 Å². The smallest absolute Gasteiger partial charge is 0.317 e. The van der Waals surface area contributed by atoms with E-state index in [0.717, 1.165) is 24.8 Å². The van der Waals surface area contributed by atoms with Gasteiger partial charge in [-0.05, 0) is 75.7 Å². The van der Waals surface area contributed by atoms with Crippen molar-refractivity contribution in [3.63, 3.8) is 0 Å². The third kappa shape index (κ3) is 3.91. The van der Waals surface area contributed by atoms with Crippen molar-refractivity contribution in [1.29, 1.82) is 0 Å². The highest BCUT2D eigenvalue weighted by atomic mass is 16.5. The number of esters is 1. The van der Waals surface area contributed by atoms with E-state index in [9.17, 15) is 14.4 Å². The number of Topliss-reactive ketones (excluding diaryl/α,β-unsaturated/α-hetero) is 2. The molecular formula is C25H32O4. The first-order valence-electron chi connectivity index (χ1n) is 11.2. The fraction of sp³-hybridized carbons (Fsp3) is 0.640. The second-order valence-electron chi connectivity index (χ2n) is 9.68. The second-order valence-corrected chi connectivity index (χ2v) is 9.68. The molecule has 0 N–H and O–H groups in total. The van der Waals surface area contributed by atoms with Crippen LogP contribution in [0, 0.1) is 29.1 Å².